The Kier molecular flexibility index (Phi) is 12.6. The number of nitrogens with one attached hydrogen (secondary N) is 1. The van der Waals surface area contributed by atoms with Crippen LogP contribution in [0.1, 0.15) is 26.0 Å². The van der Waals surface area contributed by atoms with Gasteiger partial charge >= 0.3 is 0 Å². The van der Waals surface area contributed by atoms with Crippen LogP contribution < -0.4 is 5.32 Å². The molecule has 2 rings (SSSR count). The van der Waals surface area contributed by atoms with Crippen LogP contribution >= 0.6 is 48.0 Å². The highest BCUT2D eigenvalue weighted by Crippen LogP contribution is 2.31. The third-order valence-electron chi connectivity index (χ3n) is 3.88. The molecule has 2 aromatic rings. The molecule has 1 heterocycles. The van der Waals surface area contributed by atoms with Crippen molar-refractivity contribution >= 4 is 48.0 Å². The fourth-order valence-electron chi connectivity index (χ4n) is 2.48. The molecule has 7 heteroatoms. The Morgan fingerprint density at radius 3 is 2.44 bits per heavy atom. The molecule has 0 fully saturated rings. The van der Waals surface area contributed by atoms with Crippen LogP contribution in [0, 0.1) is 0 Å². The summed E-state index contributed by atoms with van der Waals surface area (Å²) in [6.07, 6.45) is 1.13. The second-order valence-electron chi connectivity index (χ2n) is 5.45. The second kappa shape index (κ2) is 12.9. The van der Waals surface area contributed by atoms with Gasteiger partial charge in [0.2, 0.25) is 0 Å². The van der Waals surface area contributed by atoms with Crippen LogP contribution in [0.15, 0.2) is 34.7 Å². The van der Waals surface area contributed by atoms with Crippen molar-refractivity contribution in [1.29, 1.82) is 0 Å². The topological polar surface area (TPSA) is 28.4 Å². The molecule has 0 radical (unpaired) electrons. The number of hydrogen-bond donors (Lipinski definition) is 1. The van der Waals surface area contributed by atoms with Gasteiger partial charge in [0.05, 0.1) is 11.6 Å². The highest BCUT2D eigenvalue weighted by molar-refractivity contribution is 6.35. The lowest BCUT2D eigenvalue weighted by Gasteiger charge is -2.17. The van der Waals surface area contributed by atoms with E-state index in [9.17, 15) is 0 Å². The summed E-state index contributed by atoms with van der Waals surface area (Å²) in [6, 6.07) is 9.29. The Morgan fingerprint density at radius 2 is 1.76 bits per heavy atom. The minimum Gasteiger partial charge on any atom is -0.460 e. The average Bonchev–Trinajstić information content (AvgIpc) is 3.02. The van der Waals surface area contributed by atoms with Gasteiger partial charge in [-0.25, -0.2) is 0 Å². The summed E-state index contributed by atoms with van der Waals surface area (Å²) in [7, 11) is 0. The van der Waals surface area contributed by atoms with Crippen molar-refractivity contribution in [3.63, 3.8) is 0 Å². The van der Waals surface area contributed by atoms with Crippen molar-refractivity contribution in [2.75, 3.05) is 26.2 Å². The zero-order chi connectivity index (χ0) is 16.7. The van der Waals surface area contributed by atoms with E-state index in [1.165, 1.54) is 0 Å². The predicted molar refractivity (Wildman–Crippen MR) is 113 cm³/mol. The Bertz CT molecular complexity index is 615. The molecule has 0 unspecified atom stereocenters. The number of nitrogens with zero attached hydrogens (tertiary/aromatic N) is 1. The third-order valence-corrected chi connectivity index (χ3v) is 4.44. The lowest BCUT2D eigenvalue weighted by atomic mass is 10.2. The molecule has 1 aromatic heterocycles. The van der Waals surface area contributed by atoms with Gasteiger partial charge in [-0.15, -0.1) is 24.8 Å². The SMILES string of the molecule is CCN(CC)CCCNCc1ccc(-c2cc(Cl)ccc2Cl)o1.Cl.Cl. The van der Waals surface area contributed by atoms with Crippen molar-refractivity contribution in [3.8, 4) is 11.3 Å². The van der Waals surface area contributed by atoms with Crippen molar-refractivity contribution in [1.82, 2.24) is 10.2 Å². The lowest BCUT2D eigenvalue weighted by Crippen LogP contribution is -2.27. The zero-order valence-corrected chi connectivity index (χ0v) is 17.7. The van der Waals surface area contributed by atoms with Gasteiger partial charge in [-0.2, -0.15) is 0 Å². The molecule has 0 saturated carbocycles. The first kappa shape index (κ1) is 24.6. The van der Waals surface area contributed by atoms with Gasteiger partial charge < -0.3 is 14.6 Å². The summed E-state index contributed by atoms with van der Waals surface area (Å²) in [5.41, 5.74) is 0.826. The molecule has 0 aliphatic heterocycles. The molecule has 0 bridgehead atoms. The number of hydrogen-bond acceptors (Lipinski definition) is 3. The minimum atomic E-state index is 0. The number of halogens is 4. The Labute approximate surface area is 172 Å². The quantitative estimate of drug-likeness (QED) is 0.503. The van der Waals surface area contributed by atoms with Crippen LogP contribution in [0.25, 0.3) is 11.3 Å². The van der Waals surface area contributed by atoms with E-state index in [2.05, 4.69) is 24.1 Å². The fourth-order valence-corrected chi connectivity index (χ4v) is 2.87. The van der Waals surface area contributed by atoms with Crippen LogP contribution in [-0.2, 0) is 6.54 Å². The monoisotopic (exact) mass is 426 g/mol. The maximum atomic E-state index is 6.20. The summed E-state index contributed by atoms with van der Waals surface area (Å²) >= 11 is 12.2. The first-order valence-corrected chi connectivity index (χ1v) is 8.86. The van der Waals surface area contributed by atoms with E-state index in [1.807, 2.05) is 18.2 Å². The largest absolute Gasteiger partial charge is 0.460 e. The fraction of sp³-hybridized carbons (Fsp3) is 0.444. The smallest absolute Gasteiger partial charge is 0.135 e. The molecular weight excluding hydrogens is 402 g/mol. The number of benzene rings is 1. The minimum absolute atomic E-state index is 0. The van der Waals surface area contributed by atoms with Crippen LogP contribution in [0.4, 0.5) is 0 Å². The lowest BCUT2D eigenvalue weighted by molar-refractivity contribution is 0.297. The van der Waals surface area contributed by atoms with Crippen LogP contribution in [0.3, 0.4) is 0 Å². The first-order valence-electron chi connectivity index (χ1n) is 8.11. The summed E-state index contributed by atoms with van der Waals surface area (Å²) < 4.78 is 5.86. The van der Waals surface area contributed by atoms with E-state index in [1.54, 1.807) is 12.1 Å². The Morgan fingerprint density at radius 1 is 1.04 bits per heavy atom. The van der Waals surface area contributed by atoms with Crippen LogP contribution in [0.5, 0.6) is 0 Å². The Balaban J connectivity index is 0.00000288. The molecule has 0 amide bonds. The van der Waals surface area contributed by atoms with E-state index in [-0.39, 0.29) is 24.8 Å². The van der Waals surface area contributed by atoms with E-state index < -0.39 is 0 Å². The molecular formula is C18H26Cl4N2O. The second-order valence-corrected chi connectivity index (χ2v) is 6.29. The van der Waals surface area contributed by atoms with E-state index in [0.717, 1.165) is 56.2 Å². The maximum absolute atomic E-state index is 6.20. The summed E-state index contributed by atoms with van der Waals surface area (Å²) in [5.74, 6) is 1.65. The van der Waals surface area contributed by atoms with Gasteiger partial charge in [-0.1, -0.05) is 37.0 Å². The Hall–Kier alpha value is -0.420. The van der Waals surface area contributed by atoms with Crippen molar-refractivity contribution < 1.29 is 4.42 Å². The molecule has 25 heavy (non-hydrogen) atoms. The molecule has 0 atom stereocenters. The molecule has 0 aliphatic rings. The van der Waals surface area contributed by atoms with Gasteiger partial charge in [-0.05, 0) is 62.9 Å². The highest BCUT2D eigenvalue weighted by atomic mass is 35.5. The van der Waals surface area contributed by atoms with Crippen LogP contribution in [0.2, 0.25) is 10.0 Å². The first-order chi connectivity index (χ1) is 11.1. The maximum Gasteiger partial charge on any atom is 0.135 e. The average molecular weight is 428 g/mol. The molecule has 0 saturated heterocycles. The van der Waals surface area contributed by atoms with E-state index >= 15 is 0 Å². The van der Waals surface area contributed by atoms with Crippen molar-refractivity contribution in [3.05, 3.63) is 46.1 Å². The van der Waals surface area contributed by atoms with Gasteiger partial charge in [0.25, 0.3) is 0 Å². The van der Waals surface area contributed by atoms with Gasteiger partial charge in [-0.3, -0.25) is 0 Å². The van der Waals surface area contributed by atoms with Gasteiger partial charge in [0.15, 0.2) is 0 Å². The normalized spacial score (nSPS) is 10.4. The third kappa shape index (κ3) is 7.78. The van der Waals surface area contributed by atoms with Crippen molar-refractivity contribution in [2.24, 2.45) is 0 Å². The highest BCUT2D eigenvalue weighted by Gasteiger charge is 2.09. The van der Waals surface area contributed by atoms with Crippen LogP contribution in [-0.4, -0.2) is 31.1 Å². The molecule has 3 nitrogen and oxygen atoms in total. The van der Waals surface area contributed by atoms with Gasteiger partial charge in [0.1, 0.15) is 11.5 Å². The summed E-state index contributed by atoms with van der Waals surface area (Å²) in [5, 5.41) is 4.71. The molecule has 0 aliphatic carbocycles. The zero-order valence-electron chi connectivity index (χ0n) is 14.6. The standard InChI is InChI=1S/C18H24Cl2N2O.2ClH/c1-3-22(4-2)11-5-10-21-13-15-7-9-18(23-15)16-12-14(19)6-8-17(16)20;;/h6-9,12,21H,3-5,10-11,13H2,1-2H3;2*1H. The summed E-state index contributed by atoms with van der Waals surface area (Å²) in [4.78, 5) is 2.42. The number of furan rings is 1. The van der Waals surface area contributed by atoms with Crippen molar-refractivity contribution in [2.45, 2.75) is 26.8 Å². The summed E-state index contributed by atoms with van der Waals surface area (Å²) in [6.45, 7) is 9.43. The van der Waals surface area contributed by atoms with E-state index in [4.69, 9.17) is 27.6 Å². The molecule has 1 N–H and O–H groups in total. The predicted octanol–water partition coefficient (Wildman–Crippen LogP) is 5.92. The number of rotatable bonds is 9. The van der Waals surface area contributed by atoms with E-state index in [0.29, 0.717) is 10.0 Å². The van der Waals surface area contributed by atoms with Gasteiger partial charge in [0, 0.05) is 10.6 Å². The molecule has 1 aromatic carbocycles. The molecule has 142 valence electrons. The molecule has 0 spiro atoms.